The summed E-state index contributed by atoms with van der Waals surface area (Å²) in [5, 5.41) is 0. The number of allylic oxidation sites excluding steroid dienone is 1. The summed E-state index contributed by atoms with van der Waals surface area (Å²) in [6, 6.07) is -0.388. The van der Waals surface area contributed by atoms with Crippen molar-refractivity contribution in [3.8, 4) is 0 Å². The molecule has 94 valence electrons. The first-order chi connectivity index (χ1) is 7.49. The van der Waals surface area contributed by atoms with E-state index in [1.54, 1.807) is 0 Å². The first kappa shape index (κ1) is 13.5. The van der Waals surface area contributed by atoms with Gasteiger partial charge >= 0.3 is 6.18 Å². The Morgan fingerprint density at radius 2 is 2.06 bits per heavy atom. The Balaban J connectivity index is 2.28. The molecule has 1 rings (SSSR count). The van der Waals surface area contributed by atoms with Crippen LogP contribution in [0, 0.1) is 0 Å². The Morgan fingerprint density at radius 1 is 1.31 bits per heavy atom. The largest absolute Gasteiger partial charge is 0.411 e. The highest BCUT2D eigenvalue weighted by molar-refractivity contribution is 5.11. The topological polar surface area (TPSA) is 35.2 Å². The van der Waals surface area contributed by atoms with Gasteiger partial charge in [0.15, 0.2) is 0 Å². The minimum Gasteiger partial charge on any atom is -0.370 e. The molecule has 0 bridgehead atoms. The summed E-state index contributed by atoms with van der Waals surface area (Å²) < 4.78 is 40.1. The van der Waals surface area contributed by atoms with E-state index >= 15 is 0 Å². The second-order valence-electron chi connectivity index (χ2n) is 4.12. The van der Waals surface area contributed by atoms with Crippen LogP contribution in [0.1, 0.15) is 32.1 Å². The highest BCUT2D eigenvalue weighted by Crippen LogP contribution is 2.20. The molecule has 0 saturated carbocycles. The van der Waals surface area contributed by atoms with E-state index in [0.717, 1.165) is 37.7 Å². The quantitative estimate of drug-likeness (QED) is 0.763. The molecule has 0 aromatic heterocycles. The van der Waals surface area contributed by atoms with Gasteiger partial charge in [0.05, 0.1) is 6.61 Å². The molecule has 0 aliphatic heterocycles. The molecule has 0 amide bonds. The maximum atomic E-state index is 11.8. The summed E-state index contributed by atoms with van der Waals surface area (Å²) in [4.78, 5) is 0. The van der Waals surface area contributed by atoms with Crippen LogP contribution < -0.4 is 5.73 Å². The highest BCUT2D eigenvalue weighted by Gasteiger charge is 2.27. The fraction of sp³-hybridized carbons (Fsp3) is 0.818. The number of rotatable bonds is 4. The van der Waals surface area contributed by atoms with Crippen LogP contribution in [0.2, 0.25) is 0 Å². The number of hydrogen-bond acceptors (Lipinski definition) is 2. The fourth-order valence-corrected chi connectivity index (χ4v) is 1.79. The minimum atomic E-state index is -4.27. The van der Waals surface area contributed by atoms with Gasteiger partial charge in [-0.2, -0.15) is 13.2 Å². The molecule has 0 aromatic carbocycles. The summed E-state index contributed by atoms with van der Waals surface area (Å²) in [5.41, 5.74) is 6.83. The van der Waals surface area contributed by atoms with Crippen molar-refractivity contribution in [3.63, 3.8) is 0 Å². The predicted octanol–water partition coefficient (Wildman–Crippen LogP) is 2.78. The molecule has 2 nitrogen and oxygen atoms in total. The molecule has 1 aliphatic carbocycles. The first-order valence-corrected chi connectivity index (χ1v) is 5.58. The lowest BCUT2D eigenvalue weighted by molar-refractivity contribution is -0.174. The van der Waals surface area contributed by atoms with Crippen LogP contribution in [-0.4, -0.2) is 25.4 Å². The van der Waals surface area contributed by atoms with Gasteiger partial charge in [-0.05, 0) is 25.7 Å². The zero-order chi connectivity index (χ0) is 12.0. The van der Waals surface area contributed by atoms with Crippen molar-refractivity contribution in [1.29, 1.82) is 0 Å². The summed E-state index contributed by atoms with van der Waals surface area (Å²) >= 11 is 0. The molecule has 2 N–H and O–H groups in total. The van der Waals surface area contributed by atoms with Gasteiger partial charge in [-0.3, -0.25) is 0 Å². The van der Waals surface area contributed by atoms with E-state index in [4.69, 9.17) is 5.73 Å². The summed E-state index contributed by atoms with van der Waals surface area (Å²) in [5.74, 6) is 0. The van der Waals surface area contributed by atoms with E-state index < -0.39 is 12.8 Å². The lowest BCUT2D eigenvalue weighted by atomic mass is 10.0. The van der Waals surface area contributed by atoms with Crippen LogP contribution >= 0.6 is 0 Å². The maximum Gasteiger partial charge on any atom is 0.411 e. The summed E-state index contributed by atoms with van der Waals surface area (Å²) in [6.45, 7) is -1.26. The maximum absolute atomic E-state index is 11.8. The summed E-state index contributed by atoms with van der Waals surface area (Å²) in [7, 11) is 0. The van der Waals surface area contributed by atoms with Gasteiger partial charge in [-0.25, -0.2) is 0 Å². The molecule has 0 radical (unpaired) electrons. The molecular weight excluding hydrogens is 219 g/mol. The standard InChI is InChI=1S/C11H18F3NO/c12-11(13,14)8-16-7-10(15)9-5-3-1-2-4-6-9/h5,10H,1-4,6-8,15H2. The van der Waals surface area contributed by atoms with Crippen molar-refractivity contribution in [2.24, 2.45) is 5.73 Å². The van der Waals surface area contributed by atoms with Crippen molar-refractivity contribution in [2.75, 3.05) is 13.2 Å². The Morgan fingerprint density at radius 3 is 2.75 bits per heavy atom. The molecule has 0 aromatic rings. The molecule has 1 unspecified atom stereocenters. The molecule has 0 fully saturated rings. The Hall–Kier alpha value is -0.550. The number of ether oxygens (including phenoxy) is 1. The van der Waals surface area contributed by atoms with E-state index in [0.29, 0.717) is 0 Å². The lowest BCUT2D eigenvalue weighted by Gasteiger charge is -2.16. The monoisotopic (exact) mass is 237 g/mol. The van der Waals surface area contributed by atoms with Crippen molar-refractivity contribution in [2.45, 2.75) is 44.3 Å². The molecular formula is C11H18F3NO. The second-order valence-corrected chi connectivity index (χ2v) is 4.12. The first-order valence-electron chi connectivity index (χ1n) is 5.58. The van der Waals surface area contributed by atoms with E-state index in [9.17, 15) is 13.2 Å². The smallest absolute Gasteiger partial charge is 0.370 e. The van der Waals surface area contributed by atoms with Crippen molar-refractivity contribution < 1.29 is 17.9 Å². The van der Waals surface area contributed by atoms with Gasteiger partial charge in [-0.1, -0.05) is 18.1 Å². The molecule has 5 heteroatoms. The highest BCUT2D eigenvalue weighted by atomic mass is 19.4. The lowest BCUT2D eigenvalue weighted by Crippen LogP contribution is -2.31. The molecule has 0 saturated heterocycles. The third-order valence-electron chi connectivity index (χ3n) is 2.62. The third kappa shape index (κ3) is 5.51. The molecule has 1 atom stereocenters. The number of hydrogen-bond donors (Lipinski definition) is 1. The van der Waals surface area contributed by atoms with Crippen molar-refractivity contribution >= 4 is 0 Å². The van der Waals surface area contributed by atoms with Gasteiger partial charge < -0.3 is 10.5 Å². The van der Waals surface area contributed by atoms with Gasteiger partial charge in [0.1, 0.15) is 6.61 Å². The summed E-state index contributed by atoms with van der Waals surface area (Å²) in [6.07, 6.45) is 3.01. The molecule has 1 aliphatic rings. The van der Waals surface area contributed by atoms with E-state index in [1.165, 1.54) is 0 Å². The Labute approximate surface area is 93.6 Å². The van der Waals surface area contributed by atoms with Gasteiger partial charge in [0.25, 0.3) is 0 Å². The fourth-order valence-electron chi connectivity index (χ4n) is 1.79. The van der Waals surface area contributed by atoms with E-state index in [2.05, 4.69) is 10.8 Å². The Bertz CT molecular complexity index is 238. The zero-order valence-electron chi connectivity index (χ0n) is 9.22. The minimum absolute atomic E-state index is 0.0503. The Kier molecular flexibility index (Phi) is 5.28. The average molecular weight is 237 g/mol. The van der Waals surface area contributed by atoms with Gasteiger partial charge in [0.2, 0.25) is 0 Å². The SMILES string of the molecule is NC(COCC(F)(F)F)C1=CCCCCC1. The second kappa shape index (κ2) is 6.25. The normalized spacial score (nSPS) is 20.1. The van der Waals surface area contributed by atoms with Gasteiger partial charge in [0, 0.05) is 6.04 Å². The van der Waals surface area contributed by atoms with E-state index in [-0.39, 0.29) is 12.6 Å². The van der Waals surface area contributed by atoms with Crippen LogP contribution in [0.5, 0.6) is 0 Å². The molecule has 0 spiro atoms. The van der Waals surface area contributed by atoms with Crippen LogP contribution in [0.3, 0.4) is 0 Å². The van der Waals surface area contributed by atoms with Crippen LogP contribution in [0.25, 0.3) is 0 Å². The molecule has 16 heavy (non-hydrogen) atoms. The average Bonchev–Trinajstić information content (AvgIpc) is 2.43. The number of nitrogens with two attached hydrogens (primary N) is 1. The number of halogens is 3. The van der Waals surface area contributed by atoms with Crippen LogP contribution in [0.4, 0.5) is 13.2 Å². The van der Waals surface area contributed by atoms with Crippen LogP contribution in [0.15, 0.2) is 11.6 Å². The van der Waals surface area contributed by atoms with E-state index in [1.807, 2.05) is 0 Å². The third-order valence-corrected chi connectivity index (χ3v) is 2.62. The van der Waals surface area contributed by atoms with Gasteiger partial charge in [-0.15, -0.1) is 0 Å². The van der Waals surface area contributed by atoms with Crippen LogP contribution in [-0.2, 0) is 4.74 Å². The predicted molar refractivity (Wildman–Crippen MR) is 56.0 cm³/mol. The van der Waals surface area contributed by atoms with Crippen molar-refractivity contribution in [3.05, 3.63) is 11.6 Å². The molecule has 0 heterocycles. The van der Waals surface area contributed by atoms with Crippen molar-refractivity contribution in [1.82, 2.24) is 0 Å². The zero-order valence-corrected chi connectivity index (χ0v) is 9.22. The number of alkyl halides is 3.